The van der Waals surface area contributed by atoms with Crippen LogP contribution in [0.2, 0.25) is 10.0 Å². The van der Waals surface area contributed by atoms with E-state index in [-0.39, 0.29) is 24.0 Å². The summed E-state index contributed by atoms with van der Waals surface area (Å²) in [5.74, 6) is -0.199. The van der Waals surface area contributed by atoms with Crippen molar-refractivity contribution in [2.45, 2.75) is 13.3 Å². The molecule has 0 unspecified atom stereocenters. The SMILES string of the molecule is CCC(=O)Oc1c(I)cc(/C=C2\N=C(c3ccc(Cl)cc3Cl)OC2=O)cc1OC. The van der Waals surface area contributed by atoms with E-state index in [4.69, 9.17) is 37.4 Å². The molecular weight excluding hydrogens is 532 g/mol. The van der Waals surface area contributed by atoms with E-state index in [1.54, 1.807) is 43.3 Å². The van der Waals surface area contributed by atoms with Crippen LogP contribution in [0.1, 0.15) is 24.5 Å². The number of hydrogen-bond acceptors (Lipinski definition) is 6. The monoisotopic (exact) mass is 545 g/mol. The lowest BCUT2D eigenvalue weighted by Gasteiger charge is -2.11. The smallest absolute Gasteiger partial charge is 0.363 e. The molecule has 0 saturated heterocycles. The van der Waals surface area contributed by atoms with Crippen molar-refractivity contribution < 1.29 is 23.8 Å². The Morgan fingerprint density at radius 1 is 1.28 bits per heavy atom. The number of cyclic esters (lactones) is 1. The molecule has 1 heterocycles. The van der Waals surface area contributed by atoms with Crippen molar-refractivity contribution in [3.05, 3.63) is 60.8 Å². The van der Waals surface area contributed by atoms with E-state index in [2.05, 4.69) is 4.99 Å². The van der Waals surface area contributed by atoms with Crippen molar-refractivity contribution in [1.29, 1.82) is 0 Å². The van der Waals surface area contributed by atoms with Crippen molar-refractivity contribution in [3.8, 4) is 11.5 Å². The number of rotatable bonds is 5. The molecule has 1 aliphatic rings. The highest BCUT2D eigenvalue weighted by Gasteiger charge is 2.26. The van der Waals surface area contributed by atoms with Crippen molar-refractivity contribution in [2.75, 3.05) is 7.11 Å². The largest absolute Gasteiger partial charge is 0.493 e. The zero-order chi connectivity index (χ0) is 21.1. The second-order valence-electron chi connectivity index (χ2n) is 5.82. The molecule has 150 valence electrons. The molecule has 2 aromatic carbocycles. The van der Waals surface area contributed by atoms with Gasteiger partial charge in [-0.25, -0.2) is 9.79 Å². The van der Waals surface area contributed by atoms with Gasteiger partial charge in [0.1, 0.15) is 0 Å². The Morgan fingerprint density at radius 2 is 2.03 bits per heavy atom. The summed E-state index contributed by atoms with van der Waals surface area (Å²) < 4.78 is 16.5. The minimum Gasteiger partial charge on any atom is -0.493 e. The van der Waals surface area contributed by atoms with Gasteiger partial charge in [-0.05, 0) is 64.6 Å². The highest BCUT2D eigenvalue weighted by atomic mass is 127. The first-order valence-electron chi connectivity index (χ1n) is 8.38. The number of halogens is 3. The Labute approximate surface area is 190 Å². The van der Waals surface area contributed by atoms with E-state index in [1.165, 1.54) is 7.11 Å². The Bertz CT molecular complexity index is 1070. The molecule has 0 aliphatic carbocycles. The normalized spacial score (nSPS) is 14.6. The van der Waals surface area contributed by atoms with Gasteiger partial charge in [0.2, 0.25) is 5.90 Å². The topological polar surface area (TPSA) is 74.2 Å². The molecule has 0 bridgehead atoms. The van der Waals surface area contributed by atoms with E-state index >= 15 is 0 Å². The van der Waals surface area contributed by atoms with Crippen LogP contribution >= 0.6 is 45.8 Å². The lowest BCUT2D eigenvalue weighted by Crippen LogP contribution is -2.08. The van der Waals surface area contributed by atoms with Crippen LogP contribution in [0.15, 0.2) is 41.0 Å². The Hall–Kier alpha value is -2.10. The Kier molecular flexibility index (Phi) is 6.81. The maximum atomic E-state index is 12.3. The molecule has 9 heteroatoms. The fraction of sp³-hybridized carbons (Fsp3) is 0.150. The van der Waals surface area contributed by atoms with E-state index in [0.717, 1.165) is 0 Å². The van der Waals surface area contributed by atoms with Gasteiger partial charge < -0.3 is 14.2 Å². The third-order valence-corrected chi connectivity index (χ3v) is 5.19. The third kappa shape index (κ3) is 4.91. The van der Waals surface area contributed by atoms with E-state index in [1.807, 2.05) is 22.6 Å². The quantitative estimate of drug-likeness (QED) is 0.221. The highest BCUT2D eigenvalue weighted by Crippen LogP contribution is 2.35. The standard InChI is InChI=1S/C20H14Cl2INO5/c1-3-17(25)28-18-14(23)6-10(8-16(18)27-2)7-15-20(26)29-19(24-15)12-5-4-11(21)9-13(12)22/h4-9H,3H2,1-2H3/b15-7-. The number of esters is 2. The molecule has 0 amide bonds. The van der Waals surface area contributed by atoms with Crippen LogP contribution in [0.3, 0.4) is 0 Å². The number of carbonyl (C=O) groups excluding carboxylic acids is 2. The predicted molar refractivity (Wildman–Crippen MR) is 119 cm³/mol. The average Bonchev–Trinajstić information content (AvgIpc) is 3.03. The number of nitrogens with zero attached hydrogens (tertiary/aromatic N) is 1. The summed E-state index contributed by atoms with van der Waals surface area (Å²) in [7, 11) is 1.47. The predicted octanol–water partition coefficient (Wildman–Crippen LogP) is 5.27. The van der Waals surface area contributed by atoms with E-state index < -0.39 is 5.97 Å². The Morgan fingerprint density at radius 3 is 2.69 bits per heavy atom. The summed E-state index contributed by atoms with van der Waals surface area (Å²) in [6.07, 6.45) is 1.79. The highest BCUT2D eigenvalue weighted by molar-refractivity contribution is 14.1. The molecule has 1 aliphatic heterocycles. The molecule has 3 rings (SSSR count). The van der Waals surface area contributed by atoms with Crippen LogP contribution in [0.4, 0.5) is 0 Å². The second kappa shape index (κ2) is 9.15. The summed E-state index contributed by atoms with van der Waals surface area (Å²) in [6.45, 7) is 1.70. The molecule has 0 fully saturated rings. The first kappa shape index (κ1) is 21.6. The second-order valence-corrected chi connectivity index (χ2v) is 7.83. The van der Waals surface area contributed by atoms with Gasteiger partial charge in [0.15, 0.2) is 17.2 Å². The molecule has 0 aromatic heterocycles. The molecule has 0 atom stereocenters. The summed E-state index contributed by atoms with van der Waals surface area (Å²) in [4.78, 5) is 28.1. The summed E-state index contributed by atoms with van der Waals surface area (Å²) in [5, 5.41) is 0.786. The molecule has 29 heavy (non-hydrogen) atoms. The van der Waals surface area contributed by atoms with Gasteiger partial charge in [0.05, 0.1) is 21.3 Å². The zero-order valence-electron chi connectivity index (χ0n) is 15.3. The molecule has 6 nitrogen and oxygen atoms in total. The number of hydrogen-bond donors (Lipinski definition) is 0. The minimum atomic E-state index is -0.610. The lowest BCUT2D eigenvalue weighted by atomic mass is 10.1. The van der Waals surface area contributed by atoms with Gasteiger partial charge in [-0.3, -0.25) is 4.79 Å². The van der Waals surface area contributed by atoms with Crippen molar-refractivity contribution >= 4 is 69.7 Å². The van der Waals surface area contributed by atoms with Crippen LogP contribution in [-0.2, 0) is 14.3 Å². The van der Waals surface area contributed by atoms with Gasteiger partial charge in [-0.1, -0.05) is 30.1 Å². The molecule has 0 saturated carbocycles. The van der Waals surface area contributed by atoms with Gasteiger partial charge in [-0.15, -0.1) is 0 Å². The van der Waals surface area contributed by atoms with Crippen molar-refractivity contribution in [1.82, 2.24) is 0 Å². The summed E-state index contributed by atoms with van der Waals surface area (Å²) in [5.41, 5.74) is 1.19. The molecule has 0 N–H and O–H groups in total. The van der Waals surface area contributed by atoms with E-state index in [0.29, 0.717) is 36.2 Å². The molecule has 0 spiro atoms. The first-order valence-corrected chi connectivity index (χ1v) is 10.2. The molecule has 0 radical (unpaired) electrons. The van der Waals surface area contributed by atoms with E-state index in [9.17, 15) is 9.59 Å². The van der Waals surface area contributed by atoms with Gasteiger partial charge >= 0.3 is 11.9 Å². The third-order valence-electron chi connectivity index (χ3n) is 3.84. The van der Waals surface area contributed by atoms with Gasteiger partial charge in [0.25, 0.3) is 0 Å². The van der Waals surface area contributed by atoms with Gasteiger partial charge in [0, 0.05) is 11.4 Å². The number of benzene rings is 2. The van der Waals surface area contributed by atoms with Crippen LogP contribution in [0.5, 0.6) is 11.5 Å². The fourth-order valence-corrected chi connectivity index (χ4v) is 3.68. The van der Waals surface area contributed by atoms with Crippen LogP contribution in [0.25, 0.3) is 6.08 Å². The van der Waals surface area contributed by atoms with Crippen LogP contribution in [-0.4, -0.2) is 24.9 Å². The minimum absolute atomic E-state index is 0.0954. The number of aliphatic imine (C=N–C) groups is 1. The fourth-order valence-electron chi connectivity index (χ4n) is 2.45. The maximum Gasteiger partial charge on any atom is 0.363 e. The van der Waals surface area contributed by atoms with Crippen LogP contribution in [0, 0.1) is 3.57 Å². The zero-order valence-corrected chi connectivity index (χ0v) is 19.0. The molecule has 2 aromatic rings. The Balaban J connectivity index is 1.97. The maximum absolute atomic E-state index is 12.3. The average molecular weight is 546 g/mol. The number of carbonyl (C=O) groups is 2. The number of ether oxygens (including phenoxy) is 3. The molecular formula is C20H14Cl2INO5. The first-order chi connectivity index (χ1) is 13.8. The van der Waals surface area contributed by atoms with Crippen molar-refractivity contribution in [2.24, 2.45) is 4.99 Å². The summed E-state index contributed by atoms with van der Waals surface area (Å²) in [6, 6.07) is 8.18. The number of methoxy groups -OCH3 is 1. The lowest BCUT2D eigenvalue weighted by molar-refractivity contribution is -0.134. The summed E-state index contributed by atoms with van der Waals surface area (Å²) >= 11 is 14.1. The van der Waals surface area contributed by atoms with Gasteiger partial charge in [-0.2, -0.15) is 0 Å². The van der Waals surface area contributed by atoms with Crippen molar-refractivity contribution in [3.63, 3.8) is 0 Å². The van der Waals surface area contributed by atoms with Crippen LogP contribution < -0.4 is 9.47 Å².